The minimum absolute atomic E-state index is 0.0752. The molecule has 37 heavy (non-hydrogen) atoms. The molecule has 1 aromatic heterocycles. The van der Waals surface area contributed by atoms with Crippen LogP contribution in [0.5, 0.6) is 0 Å². The van der Waals surface area contributed by atoms with E-state index >= 15 is 0 Å². The average Bonchev–Trinajstić information content (AvgIpc) is 3.43. The number of amides is 2. The first kappa shape index (κ1) is 26.8. The molecule has 10 heteroatoms. The minimum atomic E-state index is -0.867. The van der Waals surface area contributed by atoms with Crippen molar-refractivity contribution in [3.8, 4) is 0 Å². The van der Waals surface area contributed by atoms with E-state index < -0.39 is 35.8 Å². The molecule has 0 radical (unpaired) electrons. The number of carbonyl (C=O) groups is 3. The lowest BCUT2D eigenvalue weighted by molar-refractivity contribution is -0.156. The third-order valence-electron chi connectivity index (χ3n) is 7.52. The fraction of sp³-hybridized carbons (Fsp3) is 0.593. The molecule has 4 rings (SSSR count). The van der Waals surface area contributed by atoms with E-state index in [1.165, 1.54) is 4.90 Å². The zero-order valence-electron chi connectivity index (χ0n) is 21.9. The van der Waals surface area contributed by atoms with Crippen LogP contribution in [0.1, 0.15) is 40.5 Å². The van der Waals surface area contributed by atoms with Gasteiger partial charge in [-0.2, -0.15) is 0 Å². The van der Waals surface area contributed by atoms with E-state index in [-0.39, 0.29) is 43.5 Å². The number of likely N-dealkylation sites (tertiary alicyclic amines) is 1. The van der Waals surface area contributed by atoms with Crippen molar-refractivity contribution in [3.05, 3.63) is 36.4 Å². The Morgan fingerprint density at radius 1 is 1.19 bits per heavy atom. The van der Waals surface area contributed by atoms with E-state index in [0.29, 0.717) is 18.4 Å². The molecule has 10 nitrogen and oxygen atoms in total. The van der Waals surface area contributed by atoms with Gasteiger partial charge in [0.2, 0.25) is 11.8 Å². The third kappa shape index (κ3) is 5.12. The fourth-order valence-electron chi connectivity index (χ4n) is 5.90. The van der Waals surface area contributed by atoms with Crippen LogP contribution in [0.2, 0.25) is 0 Å². The van der Waals surface area contributed by atoms with Gasteiger partial charge in [0.1, 0.15) is 18.2 Å². The van der Waals surface area contributed by atoms with Gasteiger partial charge in [-0.05, 0) is 43.7 Å². The number of esters is 1. The van der Waals surface area contributed by atoms with Gasteiger partial charge in [0.25, 0.3) is 0 Å². The van der Waals surface area contributed by atoms with Gasteiger partial charge in [0.15, 0.2) is 0 Å². The smallest absolute Gasteiger partial charge is 0.310 e. The number of nitrogens with zero attached hydrogens (tertiary/aromatic N) is 4. The number of ether oxygens (including phenoxy) is 1. The molecular formula is C27H37N5O5. The van der Waals surface area contributed by atoms with Gasteiger partial charge in [0.05, 0.1) is 36.6 Å². The minimum Gasteiger partial charge on any atom is -0.466 e. The van der Waals surface area contributed by atoms with Crippen LogP contribution < -0.4 is 5.32 Å². The lowest BCUT2D eigenvalue weighted by atomic mass is 9.69. The van der Waals surface area contributed by atoms with E-state index in [9.17, 15) is 19.5 Å². The lowest BCUT2D eigenvalue weighted by Gasteiger charge is -2.34. The molecule has 0 unspecified atom stereocenters. The highest BCUT2D eigenvalue weighted by Gasteiger charge is 2.58. The second-order valence-corrected chi connectivity index (χ2v) is 10.3. The Hall–Kier alpha value is -3.27. The molecule has 1 aliphatic heterocycles. The van der Waals surface area contributed by atoms with E-state index in [1.54, 1.807) is 11.6 Å². The number of para-hydroxylation sites is 1. The van der Waals surface area contributed by atoms with Gasteiger partial charge >= 0.3 is 5.97 Å². The maximum Gasteiger partial charge on any atom is 0.310 e. The molecule has 2 aromatic rings. The van der Waals surface area contributed by atoms with Crippen molar-refractivity contribution in [2.45, 2.75) is 59.3 Å². The summed E-state index contributed by atoms with van der Waals surface area (Å²) in [4.78, 5) is 42.3. The molecule has 2 N–H and O–H groups in total. The Kier molecular flexibility index (Phi) is 8.26. The van der Waals surface area contributed by atoms with Crippen molar-refractivity contribution in [2.75, 3.05) is 13.2 Å². The summed E-state index contributed by atoms with van der Waals surface area (Å²) in [6, 6.07) is 6.03. The molecule has 1 aromatic carbocycles. The highest BCUT2D eigenvalue weighted by atomic mass is 16.5. The van der Waals surface area contributed by atoms with Crippen molar-refractivity contribution in [3.63, 3.8) is 0 Å². The molecular weight excluding hydrogens is 474 g/mol. The monoisotopic (exact) mass is 511 g/mol. The average molecular weight is 512 g/mol. The lowest BCUT2D eigenvalue weighted by Crippen LogP contribution is -2.52. The summed E-state index contributed by atoms with van der Waals surface area (Å²) in [6.07, 6.45) is 5.05. The SMILES string of the molecule is CCOC(=O)[C@H]1[C@@H]2C(=O)N([C@@H](CO)CC(C)C)[C@H](C(=O)NCn3nnc4ccccc43)[C@H]2C=C[C@H]1CC. The summed E-state index contributed by atoms with van der Waals surface area (Å²) in [5, 5.41) is 21.5. The Bertz CT molecular complexity index is 1160. The highest BCUT2D eigenvalue weighted by Crippen LogP contribution is 2.46. The summed E-state index contributed by atoms with van der Waals surface area (Å²) in [5.41, 5.74) is 1.49. The van der Waals surface area contributed by atoms with Gasteiger partial charge < -0.3 is 20.1 Å². The zero-order valence-corrected chi connectivity index (χ0v) is 21.9. The molecule has 200 valence electrons. The van der Waals surface area contributed by atoms with E-state index in [1.807, 2.05) is 57.2 Å². The Morgan fingerprint density at radius 2 is 1.95 bits per heavy atom. The van der Waals surface area contributed by atoms with E-state index in [0.717, 1.165) is 5.52 Å². The molecule has 1 fully saturated rings. The van der Waals surface area contributed by atoms with Gasteiger partial charge in [-0.3, -0.25) is 14.4 Å². The van der Waals surface area contributed by atoms with Gasteiger partial charge in [-0.1, -0.05) is 50.3 Å². The second kappa shape index (κ2) is 11.4. The molecule has 2 aliphatic rings. The highest BCUT2D eigenvalue weighted by molar-refractivity contribution is 5.96. The molecule has 2 heterocycles. The molecule has 1 aliphatic carbocycles. The first-order valence-corrected chi connectivity index (χ1v) is 13.2. The van der Waals surface area contributed by atoms with Crippen LogP contribution in [0, 0.1) is 29.6 Å². The molecule has 0 saturated carbocycles. The summed E-state index contributed by atoms with van der Waals surface area (Å²) in [5.74, 6) is -2.94. The summed E-state index contributed by atoms with van der Waals surface area (Å²) in [6.45, 7) is 7.75. The molecule has 0 spiro atoms. The standard InChI is InChI=1S/C27H37N5O5/c1-5-17-11-12-19-23(22(17)27(36)37-6-2)26(35)32(18(14-33)13-16(3)4)24(19)25(34)28-15-31-21-10-8-7-9-20(21)29-30-31/h7-12,16-19,22-24,33H,5-6,13-15H2,1-4H3,(H,28,34)/t17-,18-,19+,22-,23-,24+/m1/s1. The Morgan fingerprint density at radius 3 is 2.62 bits per heavy atom. The van der Waals surface area contributed by atoms with Crippen molar-refractivity contribution < 1.29 is 24.2 Å². The fourth-order valence-corrected chi connectivity index (χ4v) is 5.90. The van der Waals surface area contributed by atoms with Crippen LogP contribution in [0.25, 0.3) is 11.0 Å². The van der Waals surface area contributed by atoms with Crippen molar-refractivity contribution >= 4 is 28.8 Å². The first-order chi connectivity index (χ1) is 17.8. The van der Waals surface area contributed by atoms with Crippen molar-refractivity contribution in [2.24, 2.45) is 29.6 Å². The number of allylic oxidation sites excluding steroid dienone is 1. The maximum atomic E-state index is 14.0. The zero-order chi connectivity index (χ0) is 26.7. The topological polar surface area (TPSA) is 127 Å². The Labute approximate surface area is 217 Å². The number of nitrogens with one attached hydrogen (secondary N) is 1. The number of hydrogen-bond donors (Lipinski definition) is 2. The summed E-state index contributed by atoms with van der Waals surface area (Å²) >= 11 is 0. The Balaban J connectivity index is 1.67. The van der Waals surface area contributed by atoms with Crippen LogP contribution in [0.3, 0.4) is 0 Å². The number of aliphatic hydroxyl groups excluding tert-OH is 1. The summed E-state index contributed by atoms with van der Waals surface area (Å²) < 4.78 is 6.97. The molecule has 0 bridgehead atoms. The van der Waals surface area contributed by atoms with Crippen LogP contribution in [0.4, 0.5) is 0 Å². The predicted molar refractivity (Wildman–Crippen MR) is 137 cm³/mol. The summed E-state index contributed by atoms with van der Waals surface area (Å²) in [7, 11) is 0. The number of aliphatic hydroxyl groups is 1. The van der Waals surface area contributed by atoms with E-state index in [2.05, 4.69) is 15.6 Å². The quantitative estimate of drug-likeness (QED) is 0.370. The number of hydrogen-bond acceptors (Lipinski definition) is 7. The first-order valence-electron chi connectivity index (χ1n) is 13.2. The second-order valence-electron chi connectivity index (χ2n) is 10.3. The van der Waals surface area contributed by atoms with Gasteiger partial charge in [-0.25, -0.2) is 4.68 Å². The third-order valence-corrected chi connectivity index (χ3v) is 7.52. The number of fused-ring (bicyclic) bond motifs is 2. The molecule has 6 atom stereocenters. The largest absolute Gasteiger partial charge is 0.466 e. The van der Waals surface area contributed by atoms with Crippen molar-refractivity contribution in [1.29, 1.82) is 0 Å². The van der Waals surface area contributed by atoms with E-state index in [4.69, 9.17) is 4.74 Å². The number of benzene rings is 1. The normalized spacial score (nSPS) is 25.9. The van der Waals surface area contributed by atoms with Crippen LogP contribution in [0.15, 0.2) is 36.4 Å². The molecule has 2 amide bonds. The predicted octanol–water partition coefficient (Wildman–Crippen LogP) is 2.13. The number of carbonyl (C=O) groups excluding carboxylic acids is 3. The number of aromatic nitrogens is 3. The van der Waals surface area contributed by atoms with Gasteiger partial charge in [0, 0.05) is 5.92 Å². The number of rotatable bonds is 10. The van der Waals surface area contributed by atoms with Crippen LogP contribution >= 0.6 is 0 Å². The van der Waals surface area contributed by atoms with Crippen molar-refractivity contribution in [1.82, 2.24) is 25.2 Å². The molecule has 1 saturated heterocycles. The van der Waals surface area contributed by atoms with Crippen LogP contribution in [-0.4, -0.2) is 68.1 Å². The maximum absolute atomic E-state index is 14.0. The van der Waals surface area contributed by atoms with Crippen LogP contribution in [-0.2, 0) is 25.8 Å². The van der Waals surface area contributed by atoms with Gasteiger partial charge in [-0.15, -0.1) is 5.10 Å².